The maximum atomic E-state index is 7.52. The molecule has 0 aliphatic carbocycles. The first-order valence-corrected chi connectivity index (χ1v) is 12.7. The Morgan fingerprint density at radius 2 is 1.75 bits per heavy atom. The Hall–Kier alpha value is -4.00. The maximum absolute atomic E-state index is 7.52. The Labute approximate surface area is 215 Å². The van der Waals surface area contributed by atoms with Crippen LogP contribution in [0.5, 0.6) is 0 Å². The molecule has 0 atom stereocenters. The van der Waals surface area contributed by atoms with Crippen LogP contribution in [0, 0.1) is 13.5 Å². The van der Waals surface area contributed by atoms with E-state index in [0.29, 0.717) is 17.3 Å². The van der Waals surface area contributed by atoms with Gasteiger partial charge in [0, 0.05) is 57.3 Å². The molecule has 2 aromatic heterocycles. The van der Waals surface area contributed by atoms with Gasteiger partial charge in [0.1, 0.15) is 0 Å². The summed E-state index contributed by atoms with van der Waals surface area (Å²) in [5, 5.41) is 7.14. The molecule has 0 amide bonds. The third-order valence-electron chi connectivity index (χ3n) is 6.23. The van der Waals surface area contributed by atoms with Crippen LogP contribution in [0.4, 0.5) is 28.1 Å². The van der Waals surface area contributed by atoms with Crippen LogP contribution in [0.3, 0.4) is 0 Å². The zero-order valence-electron chi connectivity index (χ0n) is 20.4. The summed E-state index contributed by atoms with van der Waals surface area (Å²) >= 11 is 1.48. The van der Waals surface area contributed by atoms with Crippen LogP contribution in [0.25, 0.3) is 15.4 Å². The first kappa shape index (κ1) is 23.7. The smallest absolute Gasteiger partial charge is 0.231 e. The van der Waals surface area contributed by atoms with Gasteiger partial charge in [-0.1, -0.05) is 41.7 Å². The topological polar surface area (TPSA) is 73.6 Å². The van der Waals surface area contributed by atoms with Crippen molar-refractivity contribution in [3.05, 3.63) is 83.5 Å². The van der Waals surface area contributed by atoms with Crippen molar-refractivity contribution >= 4 is 39.5 Å². The fourth-order valence-electron chi connectivity index (χ4n) is 4.30. The predicted octanol–water partition coefficient (Wildman–Crippen LogP) is 5.57. The average Bonchev–Trinajstić information content (AvgIpc) is 3.30. The van der Waals surface area contributed by atoms with E-state index in [2.05, 4.69) is 94.8 Å². The van der Waals surface area contributed by atoms with Crippen molar-refractivity contribution in [2.24, 2.45) is 0 Å². The monoisotopic (exact) mass is 496 g/mol. The number of hydrogen-bond acceptors (Lipinski definition) is 8. The minimum absolute atomic E-state index is 0.414. The highest BCUT2D eigenvalue weighted by Crippen LogP contribution is 2.37. The predicted molar refractivity (Wildman–Crippen MR) is 147 cm³/mol. The van der Waals surface area contributed by atoms with Gasteiger partial charge in [0.25, 0.3) is 0 Å². The molecule has 1 aliphatic heterocycles. The molecule has 0 bridgehead atoms. The van der Waals surface area contributed by atoms with Gasteiger partial charge in [0.2, 0.25) is 11.6 Å². The van der Waals surface area contributed by atoms with Crippen LogP contribution in [0.1, 0.15) is 11.3 Å². The molecule has 1 fully saturated rings. The van der Waals surface area contributed by atoms with Gasteiger partial charge in [-0.2, -0.15) is 0 Å². The molecule has 0 radical (unpaired) electrons. The minimum atomic E-state index is 0.414. The third-order valence-corrected chi connectivity index (χ3v) is 7.41. The number of piperazine rings is 1. The fourth-order valence-corrected chi connectivity index (χ4v) is 5.22. The van der Waals surface area contributed by atoms with Crippen molar-refractivity contribution in [3.63, 3.8) is 0 Å². The summed E-state index contributed by atoms with van der Waals surface area (Å²) in [5.41, 5.74) is 5.33. The molecule has 9 heteroatoms. The van der Waals surface area contributed by atoms with Crippen molar-refractivity contribution in [2.75, 3.05) is 48.8 Å². The van der Waals surface area contributed by atoms with Crippen molar-refractivity contribution in [1.82, 2.24) is 19.9 Å². The van der Waals surface area contributed by atoms with Crippen LogP contribution in [-0.2, 0) is 6.54 Å². The van der Waals surface area contributed by atoms with Gasteiger partial charge < -0.3 is 15.5 Å². The van der Waals surface area contributed by atoms with Crippen molar-refractivity contribution < 1.29 is 0 Å². The number of hydrogen-bond donors (Lipinski definition) is 2. The van der Waals surface area contributed by atoms with E-state index < -0.39 is 0 Å². The highest BCUT2D eigenvalue weighted by Gasteiger charge is 2.18. The maximum Gasteiger partial charge on any atom is 0.231 e. The highest BCUT2D eigenvalue weighted by molar-refractivity contribution is 7.19. The first-order chi connectivity index (χ1) is 17.6. The number of thiazole rings is 1. The summed E-state index contributed by atoms with van der Waals surface area (Å²) in [7, 11) is 1.83. The molecule has 2 N–H and O–H groups in total. The zero-order valence-corrected chi connectivity index (χ0v) is 21.2. The molecule has 0 unspecified atom stereocenters. The van der Waals surface area contributed by atoms with Gasteiger partial charge in [0.15, 0.2) is 5.13 Å². The second kappa shape index (κ2) is 10.7. The van der Waals surface area contributed by atoms with Gasteiger partial charge in [0.05, 0.1) is 22.8 Å². The summed E-state index contributed by atoms with van der Waals surface area (Å²) in [6.45, 7) is 14.6. The van der Waals surface area contributed by atoms with Crippen LogP contribution in [0.15, 0.2) is 60.8 Å². The zero-order chi connectivity index (χ0) is 24.9. The number of aromatic nitrogens is 3. The lowest BCUT2D eigenvalue weighted by Crippen LogP contribution is -2.45. The lowest BCUT2D eigenvalue weighted by atomic mass is 10.2. The average molecular weight is 497 g/mol. The second-order valence-electron chi connectivity index (χ2n) is 8.64. The lowest BCUT2D eigenvalue weighted by molar-refractivity contribution is 0.250. The normalized spacial score (nSPS) is 13.9. The second-order valence-corrected chi connectivity index (χ2v) is 9.64. The molecule has 5 rings (SSSR count). The summed E-state index contributed by atoms with van der Waals surface area (Å²) in [6, 6.07) is 19.0. The van der Waals surface area contributed by atoms with Crippen LogP contribution >= 0.6 is 11.3 Å². The van der Waals surface area contributed by atoms with Crippen molar-refractivity contribution in [1.29, 1.82) is 0 Å². The standard InChI is InChI=1S/C27H28N8S/c1-19-25(36-27(29-3)31-19)24-23(28-2)17-30-26(33-24)32-21-9-11-22(12-10-21)35-15-13-34(14-16-35)18-20-7-5-4-6-8-20/h4-12,17H,13-16,18H2,1,3H3,(H,29,31)(H,30,32,33). The Bertz CT molecular complexity index is 1350. The fraction of sp³-hybridized carbons (Fsp3) is 0.259. The van der Waals surface area contributed by atoms with Gasteiger partial charge in [-0.15, -0.1) is 0 Å². The molecule has 0 spiro atoms. The molecule has 3 heterocycles. The van der Waals surface area contributed by atoms with Crippen LogP contribution < -0.4 is 15.5 Å². The number of nitrogens with zero attached hydrogens (tertiary/aromatic N) is 6. The Morgan fingerprint density at radius 1 is 1.00 bits per heavy atom. The molecule has 1 aliphatic rings. The van der Waals surface area contributed by atoms with Gasteiger partial charge >= 0.3 is 0 Å². The van der Waals surface area contributed by atoms with Gasteiger partial charge in [-0.3, -0.25) is 4.90 Å². The SMILES string of the molecule is [C-]#[N+]c1cnc(Nc2ccc(N3CCN(Cc4ccccc4)CC3)cc2)nc1-c1sc(NC)nc1C. The van der Waals surface area contributed by atoms with E-state index in [1.54, 1.807) is 6.20 Å². The van der Waals surface area contributed by atoms with E-state index in [0.717, 1.165) is 54.1 Å². The molecule has 8 nitrogen and oxygen atoms in total. The van der Waals surface area contributed by atoms with E-state index in [4.69, 9.17) is 6.57 Å². The Balaban J connectivity index is 1.24. The molecule has 1 saturated heterocycles. The molecular weight excluding hydrogens is 468 g/mol. The molecule has 0 saturated carbocycles. The lowest BCUT2D eigenvalue weighted by Gasteiger charge is -2.36. The molecule has 36 heavy (non-hydrogen) atoms. The molecule has 4 aromatic rings. The minimum Gasteiger partial charge on any atom is -0.369 e. The first-order valence-electron chi connectivity index (χ1n) is 11.9. The van der Waals surface area contributed by atoms with Crippen molar-refractivity contribution in [3.8, 4) is 10.6 Å². The van der Waals surface area contributed by atoms with E-state index in [1.165, 1.54) is 22.6 Å². The molecular formula is C27H28N8S. The third kappa shape index (κ3) is 5.30. The summed E-state index contributed by atoms with van der Waals surface area (Å²) in [6.07, 6.45) is 1.57. The highest BCUT2D eigenvalue weighted by atomic mass is 32.1. The van der Waals surface area contributed by atoms with E-state index >= 15 is 0 Å². The Morgan fingerprint density at radius 3 is 2.42 bits per heavy atom. The largest absolute Gasteiger partial charge is 0.369 e. The number of anilines is 4. The van der Waals surface area contributed by atoms with Crippen LogP contribution in [-0.4, -0.2) is 53.1 Å². The Kier molecular flexibility index (Phi) is 7.07. The summed E-state index contributed by atoms with van der Waals surface area (Å²) < 4.78 is 0. The van der Waals surface area contributed by atoms with Gasteiger partial charge in [-0.05, 0) is 36.8 Å². The van der Waals surface area contributed by atoms with E-state index in [-0.39, 0.29) is 0 Å². The number of rotatable bonds is 7. The molecule has 182 valence electrons. The van der Waals surface area contributed by atoms with Crippen LogP contribution in [0.2, 0.25) is 0 Å². The summed E-state index contributed by atoms with van der Waals surface area (Å²) in [5.74, 6) is 0.457. The van der Waals surface area contributed by atoms with Gasteiger partial charge in [-0.25, -0.2) is 19.8 Å². The van der Waals surface area contributed by atoms with E-state index in [9.17, 15) is 0 Å². The number of aryl methyl sites for hydroxylation is 1. The quantitative estimate of drug-likeness (QED) is 0.324. The van der Waals surface area contributed by atoms with E-state index in [1.807, 2.05) is 14.0 Å². The number of nitrogens with one attached hydrogen (secondary N) is 2. The van der Waals surface area contributed by atoms with Crippen molar-refractivity contribution in [2.45, 2.75) is 13.5 Å². The summed E-state index contributed by atoms with van der Waals surface area (Å²) in [4.78, 5) is 22.9. The number of benzene rings is 2. The molecule has 2 aromatic carbocycles.